The minimum Gasteiger partial charge on any atom is -0.340 e. The molecule has 1 aliphatic rings. The number of benzene rings is 1. The van der Waals surface area contributed by atoms with Crippen LogP contribution in [-0.4, -0.2) is 60.9 Å². The molecule has 2 amide bonds. The summed E-state index contributed by atoms with van der Waals surface area (Å²) in [6, 6.07) is 6.79. The molecular formula is C16H26Cl2N4O2. The quantitative estimate of drug-likeness (QED) is 0.825. The maximum atomic E-state index is 12.2. The number of carbonyl (C=O) groups is 2. The number of piperazine rings is 1. The second-order valence-corrected chi connectivity index (χ2v) is 5.84. The van der Waals surface area contributed by atoms with E-state index in [1.807, 2.05) is 17.0 Å². The third kappa shape index (κ3) is 6.65. The third-order valence-corrected chi connectivity index (χ3v) is 3.85. The highest BCUT2D eigenvalue weighted by molar-refractivity contribution is 5.94. The van der Waals surface area contributed by atoms with Gasteiger partial charge in [0.25, 0.3) is 0 Å². The summed E-state index contributed by atoms with van der Waals surface area (Å²) in [6.45, 7) is 5.07. The molecule has 1 heterocycles. The largest absolute Gasteiger partial charge is 0.340 e. The third-order valence-electron chi connectivity index (χ3n) is 3.85. The van der Waals surface area contributed by atoms with Crippen LogP contribution >= 0.6 is 24.8 Å². The monoisotopic (exact) mass is 376 g/mol. The average Bonchev–Trinajstić information content (AvgIpc) is 2.49. The molecule has 0 spiro atoms. The van der Waals surface area contributed by atoms with Gasteiger partial charge in [0.15, 0.2) is 0 Å². The number of halogens is 2. The van der Waals surface area contributed by atoms with Crippen LogP contribution in [0.3, 0.4) is 0 Å². The van der Waals surface area contributed by atoms with Gasteiger partial charge in [0.1, 0.15) is 0 Å². The number of nitrogens with zero attached hydrogens (tertiary/aromatic N) is 2. The van der Waals surface area contributed by atoms with Crippen molar-refractivity contribution in [1.29, 1.82) is 0 Å². The molecule has 1 fully saturated rings. The Labute approximate surface area is 155 Å². The zero-order valence-electron chi connectivity index (χ0n) is 14.0. The number of anilines is 1. The Morgan fingerprint density at radius 1 is 1.12 bits per heavy atom. The highest BCUT2D eigenvalue weighted by Gasteiger charge is 2.19. The van der Waals surface area contributed by atoms with Crippen molar-refractivity contribution in [3.8, 4) is 0 Å². The summed E-state index contributed by atoms with van der Waals surface area (Å²) in [5.74, 6) is -0.0678. The number of rotatable bonds is 4. The molecule has 0 aliphatic carbocycles. The molecule has 0 aromatic heterocycles. The molecule has 1 aliphatic heterocycles. The molecule has 2 rings (SSSR count). The van der Waals surface area contributed by atoms with Gasteiger partial charge in [0, 0.05) is 31.9 Å². The molecule has 1 saturated heterocycles. The van der Waals surface area contributed by atoms with Crippen LogP contribution in [0.4, 0.5) is 5.69 Å². The normalized spacial score (nSPS) is 15.7. The van der Waals surface area contributed by atoms with Crippen LogP contribution in [0.25, 0.3) is 0 Å². The summed E-state index contributed by atoms with van der Waals surface area (Å²) in [6.07, 6.45) is 0.394. The molecule has 0 radical (unpaired) electrons. The smallest absolute Gasteiger partial charge is 0.240 e. The molecule has 0 bridgehead atoms. The van der Waals surface area contributed by atoms with E-state index in [1.54, 1.807) is 19.1 Å². The zero-order chi connectivity index (χ0) is 16.1. The highest BCUT2D eigenvalue weighted by atomic mass is 35.5. The predicted octanol–water partition coefficient (Wildman–Crippen LogP) is 1.13. The maximum absolute atomic E-state index is 12.2. The molecular weight excluding hydrogens is 351 g/mol. The van der Waals surface area contributed by atoms with Gasteiger partial charge in [0.05, 0.1) is 12.5 Å². The number of amides is 2. The first-order valence-corrected chi connectivity index (χ1v) is 7.57. The standard InChI is InChI=1S/C16H24N4O2.2ClH/c1-12(17)16(22)18-14-5-3-13(4-6-14)11-15(21)20-9-7-19(2)8-10-20;;/h3-6,12H,7-11,17H2,1-2H3,(H,18,22);2*1H/t12-;;/m1../s1. The molecule has 1 aromatic carbocycles. The summed E-state index contributed by atoms with van der Waals surface area (Å²) in [5, 5.41) is 2.73. The lowest BCUT2D eigenvalue weighted by atomic mass is 10.1. The minimum absolute atomic E-state index is 0. The van der Waals surface area contributed by atoms with E-state index in [0.717, 1.165) is 31.7 Å². The number of nitrogens with two attached hydrogens (primary N) is 1. The molecule has 0 saturated carbocycles. The first-order chi connectivity index (χ1) is 10.5. The summed E-state index contributed by atoms with van der Waals surface area (Å²) in [4.78, 5) is 27.9. The van der Waals surface area contributed by atoms with Gasteiger partial charge in [-0.1, -0.05) is 12.1 Å². The molecule has 8 heteroatoms. The second kappa shape index (κ2) is 10.5. The Morgan fingerprint density at radius 3 is 2.17 bits per heavy atom. The Balaban J connectivity index is 0.00000264. The van der Waals surface area contributed by atoms with Crippen LogP contribution in [-0.2, 0) is 16.0 Å². The van der Waals surface area contributed by atoms with Gasteiger partial charge in [-0.2, -0.15) is 0 Å². The molecule has 136 valence electrons. The van der Waals surface area contributed by atoms with E-state index < -0.39 is 6.04 Å². The summed E-state index contributed by atoms with van der Waals surface area (Å²) in [5.41, 5.74) is 7.15. The lowest BCUT2D eigenvalue weighted by Crippen LogP contribution is -2.47. The van der Waals surface area contributed by atoms with E-state index in [-0.39, 0.29) is 36.6 Å². The van der Waals surface area contributed by atoms with Crippen LogP contribution < -0.4 is 11.1 Å². The van der Waals surface area contributed by atoms with Crippen LogP contribution in [0, 0.1) is 0 Å². The lowest BCUT2D eigenvalue weighted by Gasteiger charge is -2.32. The van der Waals surface area contributed by atoms with Crippen molar-refractivity contribution in [1.82, 2.24) is 9.80 Å². The van der Waals surface area contributed by atoms with E-state index in [9.17, 15) is 9.59 Å². The van der Waals surface area contributed by atoms with Crippen LogP contribution in [0.2, 0.25) is 0 Å². The summed E-state index contributed by atoms with van der Waals surface area (Å²) in [7, 11) is 2.07. The van der Waals surface area contributed by atoms with Crippen molar-refractivity contribution in [3.63, 3.8) is 0 Å². The average molecular weight is 377 g/mol. The first kappa shape index (κ1) is 22.7. The van der Waals surface area contributed by atoms with E-state index in [0.29, 0.717) is 12.1 Å². The Bertz CT molecular complexity index is 529. The van der Waals surface area contributed by atoms with Gasteiger partial charge in [-0.15, -0.1) is 24.8 Å². The fraction of sp³-hybridized carbons (Fsp3) is 0.500. The van der Waals surface area contributed by atoms with Crippen molar-refractivity contribution in [2.24, 2.45) is 5.73 Å². The molecule has 1 aromatic rings. The van der Waals surface area contributed by atoms with Crippen molar-refractivity contribution in [2.75, 3.05) is 38.5 Å². The first-order valence-electron chi connectivity index (χ1n) is 7.57. The van der Waals surface area contributed by atoms with Crippen molar-refractivity contribution in [3.05, 3.63) is 29.8 Å². The fourth-order valence-electron chi connectivity index (χ4n) is 2.30. The van der Waals surface area contributed by atoms with Crippen LogP contribution in [0.1, 0.15) is 12.5 Å². The topological polar surface area (TPSA) is 78.7 Å². The molecule has 6 nitrogen and oxygen atoms in total. The second-order valence-electron chi connectivity index (χ2n) is 5.84. The predicted molar refractivity (Wildman–Crippen MR) is 101 cm³/mol. The van der Waals surface area contributed by atoms with Crippen LogP contribution in [0.15, 0.2) is 24.3 Å². The Morgan fingerprint density at radius 2 is 1.67 bits per heavy atom. The van der Waals surface area contributed by atoms with Crippen molar-refractivity contribution >= 4 is 42.3 Å². The molecule has 1 atom stereocenters. The number of carbonyl (C=O) groups excluding carboxylic acids is 2. The van der Waals surface area contributed by atoms with E-state index in [4.69, 9.17) is 5.73 Å². The van der Waals surface area contributed by atoms with Crippen molar-refractivity contribution in [2.45, 2.75) is 19.4 Å². The van der Waals surface area contributed by atoms with Crippen molar-refractivity contribution < 1.29 is 9.59 Å². The summed E-state index contributed by atoms with van der Waals surface area (Å²) < 4.78 is 0. The van der Waals surface area contributed by atoms with Crippen LogP contribution in [0.5, 0.6) is 0 Å². The number of nitrogens with one attached hydrogen (secondary N) is 1. The number of hydrogen-bond donors (Lipinski definition) is 2. The van der Waals surface area contributed by atoms with Gasteiger partial charge in [-0.05, 0) is 31.7 Å². The SMILES string of the molecule is C[C@@H](N)C(=O)Nc1ccc(CC(=O)N2CCN(C)CC2)cc1.Cl.Cl. The number of hydrogen-bond acceptors (Lipinski definition) is 4. The zero-order valence-corrected chi connectivity index (χ0v) is 15.7. The summed E-state index contributed by atoms with van der Waals surface area (Å²) >= 11 is 0. The highest BCUT2D eigenvalue weighted by Crippen LogP contribution is 2.12. The van der Waals surface area contributed by atoms with E-state index in [2.05, 4.69) is 17.3 Å². The van der Waals surface area contributed by atoms with E-state index >= 15 is 0 Å². The minimum atomic E-state index is -0.543. The van der Waals surface area contributed by atoms with Gasteiger partial charge in [-0.3, -0.25) is 9.59 Å². The van der Waals surface area contributed by atoms with Gasteiger partial charge in [-0.25, -0.2) is 0 Å². The molecule has 24 heavy (non-hydrogen) atoms. The van der Waals surface area contributed by atoms with Gasteiger partial charge >= 0.3 is 0 Å². The molecule has 3 N–H and O–H groups in total. The fourth-order valence-corrected chi connectivity index (χ4v) is 2.30. The number of likely N-dealkylation sites (N-methyl/N-ethyl adjacent to an activating group) is 1. The Hall–Kier alpha value is -1.34. The van der Waals surface area contributed by atoms with E-state index in [1.165, 1.54) is 0 Å². The van der Waals surface area contributed by atoms with Gasteiger partial charge < -0.3 is 20.9 Å². The lowest BCUT2D eigenvalue weighted by molar-refractivity contribution is -0.132. The van der Waals surface area contributed by atoms with Gasteiger partial charge in [0.2, 0.25) is 11.8 Å². The maximum Gasteiger partial charge on any atom is 0.240 e. The molecule has 0 unspecified atom stereocenters. The Kier molecular flexibility index (Phi) is 9.92.